The van der Waals surface area contributed by atoms with E-state index in [1.54, 1.807) is 132 Å². The maximum atomic E-state index is 11.7. The molecule has 3 aliphatic rings. The molecular weight excluding hydrogens is 1800 g/mol. The number of ether oxygens (including phenoxy) is 9. The average Bonchev–Trinajstić information content (AvgIpc) is 0.962. The van der Waals surface area contributed by atoms with E-state index >= 15 is 0 Å². The molecule has 1 amide bonds. The lowest BCUT2D eigenvalue weighted by atomic mass is 9.98. The number of rotatable bonds is 32. The van der Waals surface area contributed by atoms with Crippen molar-refractivity contribution >= 4 is 95.5 Å². The normalized spacial score (nSPS) is 13.4. The molecule has 1 N–H and O–H groups in total. The molecule has 0 atom stereocenters. The molecule has 3 saturated heterocycles. The highest BCUT2D eigenvalue weighted by molar-refractivity contribution is 5.88. The van der Waals surface area contributed by atoms with Crippen LogP contribution in [0.3, 0.4) is 0 Å². The molecule has 0 unspecified atom stereocenters. The fourth-order valence-electron chi connectivity index (χ4n) is 17.6. The quantitative estimate of drug-likeness (QED) is 0.0409. The minimum atomic E-state index is 0.137. The van der Waals surface area contributed by atoms with Crippen LogP contribution in [0.5, 0.6) is 46.0 Å². The number of aliphatic hydroxyl groups is 1. The van der Waals surface area contributed by atoms with Crippen LogP contribution < -0.4 is 57.5 Å². The number of anilines is 8. The summed E-state index contributed by atoms with van der Waals surface area (Å²) in [6.07, 6.45) is 28.9. The summed E-state index contributed by atoms with van der Waals surface area (Å²) in [7, 11) is 20.8. The number of aryl methyl sites for hydroxylation is 6. The van der Waals surface area contributed by atoms with E-state index in [-0.39, 0.29) is 18.6 Å². The number of piperidine rings is 1. The van der Waals surface area contributed by atoms with Crippen LogP contribution in [-0.2, 0) is 44.3 Å². The predicted octanol–water partition coefficient (Wildman–Crippen LogP) is 15.6. The van der Waals surface area contributed by atoms with Gasteiger partial charge >= 0.3 is 0 Å². The number of carbonyl (C=O) groups excluding carboxylic acids is 1. The van der Waals surface area contributed by atoms with Crippen LogP contribution in [0, 0.1) is 12.8 Å². The Hall–Kier alpha value is -15.9. The number of hydrogen-bond acceptors (Lipinski definition) is 30. The van der Waals surface area contributed by atoms with Gasteiger partial charge in [0.15, 0.2) is 0 Å². The summed E-state index contributed by atoms with van der Waals surface area (Å²) in [5, 5.41) is 26.5. The Kier molecular flexibility index (Phi) is 31.2. The van der Waals surface area contributed by atoms with Gasteiger partial charge in [-0.05, 0) is 118 Å². The maximum Gasteiger partial charge on any atom is 0.219 e. The highest BCUT2D eigenvalue weighted by Crippen LogP contribution is 2.42. The lowest BCUT2D eigenvalue weighted by Crippen LogP contribution is -2.49. The Labute approximate surface area is 824 Å². The van der Waals surface area contributed by atoms with Gasteiger partial charge < -0.3 is 81.7 Å². The number of nitrogens with zero attached hydrogens (tertiary/aromatic N) is 25. The van der Waals surface area contributed by atoms with E-state index in [0.717, 1.165) is 284 Å². The fourth-order valence-corrected chi connectivity index (χ4v) is 17.6. The SMILES string of the molecule is COc1cc(OC)cc(N(CCCn2ccnc2C)c2ccc3ncc(-c4cnn(C)c4)nc3c2)c1.COc1cc(OC)cc(N(CCN2CCC(CO)CC2)c2ccc3ncc(-c4cnn(C)c4)nc3c2)c1.COc1cc(OC)cc(N(CCN2CCN(C(C)=O)CC2)c2ccc3ncc(-c4cnn(C)c4)nc3c2)c1.COc1cc(OC)cc(N(c2ccc3ncc(-c4cnn(C)c4)nc3c2)C2COC2)c1. The van der Waals surface area contributed by atoms with Gasteiger partial charge in [0.25, 0.3) is 0 Å². The van der Waals surface area contributed by atoms with Gasteiger partial charge in [0.2, 0.25) is 5.91 Å². The van der Waals surface area contributed by atoms with Crippen molar-refractivity contribution < 1.29 is 52.5 Å². The van der Waals surface area contributed by atoms with E-state index in [1.807, 2.05) is 174 Å². The zero-order valence-corrected chi connectivity index (χ0v) is 82.5. The molecular formula is C106H119N25O11. The van der Waals surface area contributed by atoms with Crippen LogP contribution >= 0.6 is 0 Å². The molecule has 36 nitrogen and oxygen atoms in total. The standard InChI is InChI=1S/C28H33N7O3.C28H34N6O3.C27H29N7O2.C23H23N5O3/c1-20(36)34-10-7-33(8-11-34)9-12-35(23-13-24(37-3)16-25(14-23)38-4)22-5-6-26-27(15-22)31-28(18-29-26)21-17-30-32(2)19-21;1-32-18-21(16-30-32)28-17-29-26-5-4-22(14-27(26)31-28)34(11-10-33-8-6-20(19-35)7-9-33)23-12-24(36-2)15-25(13-23)37-3;1-19-28-8-11-33(19)9-5-10-34(22-12-23(35-3)15-24(13-22)36-4)21-6-7-25-26(14-21)31-27(17-29-25)20-16-30-32(2)18-20;1-27-12-15(10-25-27)23-11-24-21-5-4-16(8-22(21)26-23)28(18-13-31-14-18)17-6-19(29-2)9-20(7-17)30-3/h5-6,13-19H,7-12H2,1-4H3;4-5,12-18,20,35H,6-11,19H2,1-3H3;6-8,11-18H,5,9-10H2,1-4H3;4-12,18H,13-14H2,1-3H3. The minimum absolute atomic E-state index is 0.137. The van der Waals surface area contributed by atoms with E-state index in [1.165, 1.54) is 0 Å². The number of aliphatic hydroxyl groups excluding tert-OH is 1. The minimum Gasteiger partial charge on any atom is -0.497 e. The monoisotopic (exact) mass is 1920 g/mol. The first-order valence-electron chi connectivity index (χ1n) is 47.1. The molecule has 0 saturated carbocycles. The Morgan fingerprint density at radius 2 is 0.697 bits per heavy atom. The summed E-state index contributed by atoms with van der Waals surface area (Å²) in [4.78, 5) is 69.9. The Bertz CT molecular complexity index is 7100. The van der Waals surface area contributed by atoms with Gasteiger partial charge in [-0.1, -0.05) is 0 Å². The van der Waals surface area contributed by atoms with Gasteiger partial charge in [0, 0.05) is 285 Å². The van der Waals surface area contributed by atoms with Gasteiger partial charge in [0.1, 0.15) is 51.8 Å². The van der Waals surface area contributed by atoms with Crippen LogP contribution in [0.2, 0.25) is 0 Å². The van der Waals surface area contributed by atoms with E-state index in [9.17, 15) is 9.90 Å². The number of carbonyl (C=O) groups is 1. The van der Waals surface area contributed by atoms with Gasteiger partial charge in [-0.15, -0.1) is 0 Å². The van der Waals surface area contributed by atoms with Crippen LogP contribution in [0.1, 0.15) is 32.0 Å². The third-order valence-electron chi connectivity index (χ3n) is 25.6. The summed E-state index contributed by atoms with van der Waals surface area (Å²) < 4.78 is 59.0. The summed E-state index contributed by atoms with van der Waals surface area (Å²) in [6.45, 7) is 15.3. The number of methoxy groups -OCH3 is 8. The number of hydrogen-bond donors (Lipinski definition) is 1. The lowest BCUT2D eigenvalue weighted by Gasteiger charge is -2.39. The number of piperazine rings is 1. The summed E-state index contributed by atoms with van der Waals surface area (Å²) in [5.41, 5.74) is 21.4. The topological polar surface area (TPSA) is 335 Å². The van der Waals surface area contributed by atoms with Crippen LogP contribution in [-0.4, -0.2) is 269 Å². The molecule has 17 aromatic rings. The molecule has 0 radical (unpaired) electrons. The fraction of sp³-hybridized carbons (Fsp3) is 0.321. The first-order valence-corrected chi connectivity index (χ1v) is 47.1. The van der Waals surface area contributed by atoms with E-state index in [4.69, 9.17) is 62.6 Å². The molecule has 3 fully saturated rings. The largest absolute Gasteiger partial charge is 0.497 e. The Morgan fingerprint density at radius 1 is 0.373 bits per heavy atom. The molecule has 142 heavy (non-hydrogen) atoms. The average molecular weight is 1920 g/mol. The number of imidazole rings is 1. The van der Waals surface area contributed by atoms with Crippen LogP contribution in [0.15, 0.2) is 232 Å². The Morgan fingerprint density at radius 3 is 0.993 bits per heavy atom. The van der Waals surface area contributed by atoms with Crippen molar-refractivity contribution in [1.82, 2.24) is 103 Å². The summed E-state index contributed by atoms with van der Waals surface area (Å²) >= 11 is 0. The second-order valence-electron chi connectivity index (χ2n) is 35.0. The Balaban J connectivity index is 0.000000131. The van der Waals surface area contributed by atoms with Crippen LogP contribution in [0.25, 0.3) is 89.2 Å². The van der Waals surface area contributed by atoms with Crippen molar-refractivity contribution in [2.75, 3.05) is 168 Å². The van der Waals surface area contributed by atoms with Gasteiger partial charge in [0.05, 0.1) is 193 Å². The van der Waals surface area contributed by atoms with Crippen molar-refractivity contribution in [3.63, 3.8) is 0 Å². The predicted molar refractivity (Wildman–Crippen MR) is 549 cm³/mol. The molecule has 0 spiro atoms. The lowest BCUT2D eigenvalue weighted by molar-refractivity contribution is -0.130. The van der Waals surface area contributed by atoms with Crippen molar-refractivity contribution in [2.45, 2.75) is 45.7 Å². The number of amides is 1. The van der Waals surface area contributed by atoms with Crippen molar-refractivity contribution in [3.05, 3.63) is 238 Å². The van der Waals surface area contributed by atoms with Gasteiger partial charge in [-0.3, -0.25) is 48.4 Å². The van der Waals surface area contributed by atoms with Crippen LogP contribution in [0.4, 0.5) is 45.5 Å². The number of likely N-dealkylation sites (tertiary alicyclic amines) is 1. The van der Waals surface area contributed by atoms with E-state index in [2.05, 4.69) is 128 Å². The molecule has 3 aliphatic heterocycles. The first kappa shape index (κ1) is 97.7. The second-order valence-corrected chi connectivity index (χ2v) is 35.0. The summed E-state index contributed by atoms with van der Waals surface area (Å²) in [6, 6.07) is 48.5. The maximum absolute atomic E-state index is 11.7. The van der Waals surface area contributed by atoms with Gasteiger partial charge in [-0.2, -0.15) is 20.4 Å². The smallest absolute Gasteiger partial charge is 0.219 e. The third-order valence-corrected chi connectivity index (χ3v) is 25.6. The molecule has 20 rings (SSSR count). The number of fused-ring (bicyclic) bond motifs is 4. The van der Waals surface area contributed by atoms with Crippen molar-refractivity contribution in [2.24, 2.45) is 34.1 Å². The van der Waals surface area contributed by atoms with E-state index < -0.39 is 0 Å². The van der Waals surface area contributed by atoms with Crippen molar-refractivity contribution in [3.8, 4) is 91.0 Å². The second kappa shape index (κ2) is 45.3. The number of benzene rings is 8. The molecule has 36 heteroatoms. The molecule has 0 aliphatic carbocycles. The molecule has 0 bridgehead atoms. The highest BCUT2D eigenvalue weighted by atomic mass is 16.5. The number of aromatic nitrogens is 18. The summed E-state index contributed by atoms with van der Waals surface area (Å²) in [5.74, 6) is 7.42. The zero-order chi connectivity index (χ0) is 98.9. The highest BCUT2D eigenvalue weighted by Gasteiger charge is 2.31. The zero-order valence-electron chi connectivity index (χ0n) is 82.5. The third kappa shape index (κ3) is 23.6. The molecule has 9 aromatic heterocycles. The molecule has 12 heterocycles. The molecule has 734 valence electrons. The molecule has 8 aromatic carbocycles. The van der Waals surface area contributed by atoms with Crippen molar-refractivity contribution in [1.29, 1.82) is 0 Å². The first-order chi connectivity index (χ1) is 69.2. The van der Waals surface area contributed by atoms with E-state index in [0.29, 0.717) is 19.1 Å². The van der Waals surface area contributed by atoms with Gasteiger partial charge in [-0.25, -0.2) is 24.9 Å².